The van der Waals surface area contributed by atoms with Gasteiger partial charge in [-0.25, -0.2) is 13.4 Å². The maximum atomic E-state index is 12.6. The molecule has 9 heteroatoms. The van der Waals surface area contributed by atoms with E-state index in [2.05, 4.69) is 15.0 Å². The van der Waals surface area contributed by atoms with Gasteiger partial charge in [-0.1, -0.05) is 12.1 Å². The molecule has 1 amide bonds. The molecule has 0 aliphatic rings. The molecule has 0 fully saturated rings. The molecular formula is C24H24N4O4S. The van der Waals surface area contributed by atoms with Gasteiger partial charge < -0.3 is 14.5 Å². The summed E-state index contributed by atoms with van der Waals surface area (Å²) in [6.07, 6.45) is 5.02. The number of rotatable bonds is 7. The number of imidazole rings is 1. The van der Waals surface area contributed by atoms with E-state index in [4.69, 9.17) is 4.74 Å². The van der Waals surface area contributed by atoms with Crippen LogP contribution >= 0.6 is 0 Å². The summed E-state index contributed by atoms with van der Waals surface area (Å²) in [5.41, 5.74) is 4.91. The van der Waals surface area contributed by atoms with E-state index >= 15 is 0 Å². The Balaban J connectivity index is 1.39. The molecule has 4 rings (SSSR count). The summed E-state index contributed by atoms with van der Waals surface area (Å²) in [6.45, 7) is 4.12. The third-order valence-corrected chi connectivity index (χ3v) is 5.53. The molecule has 0 saturated carbocycles. The summed E-state index contributed by atoms with van der Waals surface area (Å²) in [5, 5.41) is 2.78. The number of amides is 1. The monoisotopic (exact) mass is 464 g/mol. The van der Waals surface area contributed by atoms with Crippen LogP contribution in [-0.4, -0.2) is 30.0 Å². The Hall–Kier alpha value is -3.85. The normalized spacial score (nSPS) is 11.4. The first kappa shape index (κ1) is 22.3. The predicted molar refractivity (Wildman–Crippen MR) is 128 cm³/mol. The van der Waals surface area contributed by atoms with Crippen LogP contribution in [0.4, 0.5) is 11.4 Å². The summed E-state index contributed by atoms with van der Waals surface area (Å²) in [6, 6.07) is 15.8. The summed E-state index contributed by atoms with van der Waals surface area (Å²) in [5.74, 6) is 0.307. The highest BCUT2D eigenvalue weighted by atomic mass is 32.2. The summed E-state index contributed by atoms with van der Waals surface area (Å²) >= 11 is 0. The number of anilines is 2. The third kappa shape index (κ3) is 5.69. The second-order valence-electron chi connectivity index (χ2n) is 7.88. The van der Waals surface area contributed by atoms with Gasteiger partial charge in [0.2, 0.25) is 10.0 Å². The number of pyridine rings is 1. The van der Waals surface area contributed by atoms with E-state index in [1.165, 1.54) is 0 Å². The van der Waals surface area contributed by atoms with E-state index in [1.807, 2.05) is 35.9 Å². The molecule has 0 saturated heterocycles. The number of carbonyl (C=O) groups excluding carboxylic acids is 1. The van der Waals surface area contributed by atoms with Gasteiger partial charge in [0, 0.05) is 23.6 Å². The van der Waals surface area contributed by atoms with Crippen molar-refractivity contribution < 1.29 is 17.9 Å². The Morgan fingerprint density at radius 1 is 1.03 bits per heavy atom. The Labute approximate surface area is 192 Å². The number of nitrogens with one attached hydrogen (secondary N) is 2. The van der Waals surface area contributed by atoms with Crippen molar-refractivity contribution >= 4 is 33.0 Å². The van der Waals surface area contributed by atoms with E-state index in [9.17, 15) is 13.2 Å². The Kier molecular flexibility index (Phi) is 6.06. The predicted octanol–water partition coefficient (Wildman–Crippen LogP) is 4.15. The zero-order chi connectivity index (χ0) is 23.6. The van der Waals surface area contributed by atoms with Gasteiger partial charge in [-0.3, -0.25) is 9.52 Å². The van der Waals surface area contributed by atoms with Crippen molar-refractivity contribution in [2.24, 2.45) is 0 Å². The molecule has 0 unspecified atom stereocenters. The molecule has 0 aliphatic carbocycles. The number of carbonyl (C=O) groups is 1. The first-order chi connectivity index (χ1) is 15.7. The van der Waals surface area contributed by atoms with Crippen molar-refractivity contribution in [1.29, 1.82) is 0 Å². The van der Waals surface area contributed by atoms with Crippen LogP contribution < -0.4 is 14.8 Å². The Morgan fingerprint density at radius 2 is 1.79 bits per heavy atom. The zero-order valence-electron chi connectivity index (χ0n) is 18.5. The first-order valence-corrected chi connectivity index (χ1v) is 12.1. The topological polar surface area (TPSA) is 102 Å². The van der Waals surface area contributed by atoms with Crippen LogP contribution in [0, 0.1) is 13.8 Å². The van der Waals surface area contributed by atoms with Gasteiger partial charge in [0.25, 0.3) is 5.91 Å². The van der Waals surface area contributed by atoms with Gasteiger partial charge in [0.15, 0.2) is 0 Å². The number of nitrogens with zero attached hydrogens (tertiary/aromatic N) is 2. The SMILES string of the molecule is Cc1ccc2nc(COc3ccc(C(=O)Nc4ccc(C)c(NS(C)(=O)=O)c4)cc3)cn2c1. The number of aromatic nitrogens is 2. The standard InChI is InChI=1S/C24H24N4O4S/c1-16-4-11-23-25-20(14-28(23)13-16)15-32-21-9-6-18(7-10-21)24(29)26-19-8-5-17(2)22(12-19)27-33(3,30)31/h4-14,27H,15H2,1-3H3,(H,26,29). The van der Waals surface area contributed by atoms with E-state index < -0.39 is 10.0 Å². The van der Waals surface area contributed by atoms with Crippen molar-refractivity contribution in [1.82, 2.24) is 9.38 Å². The highest BCUT2D eigenvalue weighted by Crippen LogP contribution is 2.22. The average molecular weight is 465 g/mol. The minimum Gasteiger partial charge on any atom is -0.487 e. The lowest BCUT2D eigenvalue weighted by molar-refractivity contribution is 0.102. The van der Waals surface area contributed by atoms with Gasteiger partial charge in [-0.05, 0) is 67.4 Å². The largest absolute Gasteiger partial charge is 0.487 e. The molecule has 2 aromatic carbocycles. The minimum absolute atomic E-state index is 0.311. The quantitative estimate of drug-likeness (QED) is 0.428. The first-order valence-electron chi connectivity index (χ1n) is 10.2. The Morgan fingerprint density at radius 3 is 2.52 bits per heavy atom. The average Bonchev–Trinajstić information content (AvgIpc) is 3.16. The number of hydrogen-bond acceptors (Lipinski definition) is 5. The molecule has 170 valence electrons. The zero-order valence-corrected chi connectivity index (χ0v) is 19.3. The number of ether oxygens (including phenoxy) is 1. The van der Waals surface area contributed by atoms with E-state index in [1.54, 1.807) is 49.4 Å². The Bertz CT molecular complexity index is 1430. The van der Waals surface area contributed by atoms with Crippen LogP contribution in [0.2, 0.25) is 0 Å². The highest BCUT2D eigenvalue weighted by molar-refractivity contribution is 7.92. The smallest absolute Gasteiger partial charge is 0.255 e. The van der Waals surface area contributed by atoms with Gasteiger partial charge >= 0.3 is 0 Å². The van der Waals surface area contributed by atoms with Gasteiger partial charge in [-0.15, -0.1) is 0 Å². The number of sulfonamides is 1. The molecular weight excluding hydrogens is 440 g/mol. The van der Waals surface area contributed by atoms with Crippen LogP contribution in [0.5, 0.6) is 5.75 Å². The van der Waals surface area contributed by atoms with Gasteiger partial charge in [-0.2, -0.15) is 0 Å². The number of fused-ring (bicyclic) bond motifs is 1. The van der Waals surface area contributed by atoms with E-state index in [0.29, 0.717) is 29.3 Å². The summed E-state index contributed by atoms with van der Waals surface area (Å²) in [7, 11) is -3.42. The summed E-state index contributed by atoms with van der Waals surface area (Å²) < 4.78 is 33.3. The van der Waals surface area contributed by atoms with Crippen molar-refractivity contribution in [2.45, 2.75) is 20.5 Å². The number of aryl methyl sites for hydroxylation is 2. The molecule has 0 atom stereocenters. The molecule has 0 bridgehead atoms. The second-order valence-corrected chi connectivity index (χ2v) is 9.62. The van der Waals surface area contributed by atoms with Crippen LogP contribution in [0.15, 0.2) is 67.0 Å². The highest BCUT2D eigenvalue weighted by Gasteiger charge is 2.10. The van der Waals surface area contributed by atoms with Crippen molar-refractivity contribution in [3.05, 3.63) is 89.4 Å². The van der Waals surface area contributed by atoms with Crippen molar-refractivity contribution in [2.75, 3.05) is 16.3 Å². The third-order valence-electron chi connectivity index (χ3n) is 4.94. The molecule has 0 aliphatic heterocycles. The van der Waals surface area contributed by atoms with Crippen molar-refractivity contribution in [3.63, 3.8) is 0 Å². The van der Waals surface area contributed by atoms with Crippen LogP contribution in [0.1, 0.15) is 27.2 Å². The van der Waals surface area contributed by atoms with Crippen LogP contribution in [-0.2, 0) is 16.6 Å². The lowest BCUT2D eigenvalue weighted by Crippen LogP contribution is -2.14. The fourth-order valence-electron chi connectivity index (χ4n) is 3.30. The molecule has 0 spiro atoms. The molecule has 0 radical (unpaired) electrons. The van der Waals surface area contributed by atoms with Gasteiger partial charge in [0.05, 0.1) is 17.6 Å². The van der Waals surface area contributed by atoms with Gasteiger partial charge in [0.1, 0.15) is 18.0 Å². The lowest BCUT2D eigenvalue weighted by Gasteiger charge is -2.11. The van der Waals surface area contributed by atoms with E-state index in [0.717, 1.165) is 28.7 Å². The maximum absolute atomic E-state index is 12.6. The molecule has 2 aromatic heterocycles. The molecule has 2 N–H and O–H groups in total. The fourth-order valence-corrected chi connectivity index (χ4v) is 3.92. The summed E-state index contributed by atoms with van der Waals surface area (Å²) in [4.78, 5) is 17.1. The minimum atomic E-state index is -3.42. The lowest BCUT2D eigenvalue weighted by atomic mass is 10.1. The molecule has 33 heavy (non-hydrogen) atoms. The van der Waals surface area contributed by atoms with E-state index in [-0.39, 0.29) is 5.91 Å². The molecule has 4 aromatic rings. The van der Waals surface area contributed by atoms with Crippen LogP contribution in [0.25, 0.3) is 5.65 Å². The second kappa shape index (κ2) is 8.95. The molecule has 8 nitrogen and oxygen atoms in total. The van der Waals surface area contributed by atoms with Crippen LogP contribution in [0.3, 0.4) is 0 Å². The number of hydrogen-bond donors (Lipinski definition) is 2. The molecule has 2 heterocycles. The fraction of sp³-hybridized carbons (Fsp3) is 0.167. The maximum Gasteiger partial charge on any atom is 0.255 e. The number of benzene rings is 2. The van der Waals surface area contributed by atoms with Crippen molar-refractivity contribution in [3.8, 4) is 5.75 Å².